The number of amides is 1. The third-order valence-corrected chi connectivity index (χ3v) is 6.21. The molecule has 0 unspecified atom stereocenters. The van der Waals surface area contributed by atoms with Gasteiger partial charge >= 0.3 is 0 Å². The number of allylic oxidation sites excluding steroid dienone is 1. The fraction of sp³-hybridized carbons (Fsp3) is 0.296. The molecule has 3 aromatic rings. The fourth-order valence-corrected chi connectivity index (χ4v) is 4.47. The van der Waals surface area contributed by atoms with Crippen LogP contribution in [0, 0.1) is 5.92 Å². The summed E-state index contributed by atoms with van der Waals surface area (Å²) in [6.07, 6.45) is 11.2. The molecule has 0 spiro atoms. The number of rotatable bonds is 9. The summed E-state index contributed by atoms with van der Waals surface area (Å²) in [6.45, 7) is 2.06. The van der Waals surface area contributed by atoms with Gasteiger partial charge in [-0.2, -0.15) is 10.2 Å². The minimum Gasteiger partial charge on any atom is -0.350 e. The molecule has 0 bridgehead atoms. The Morgan fingerprint density at radius 3 is 2.35 bits per heavy atom. The SMILES string of the molecule is C[C@@H](CCCc1ccnnc1)NC(=O)C=C[C@H]1CC1(c1ccccc1)c1ccccc1. The van der Waals surface area contributed by atoms with Crippen LogP contribution in [0.15, 0.2) is 91.3 Å². The lowest BCUT2D eigenvalue weighted by Gasteiger charge is -2.18. The molecule has 158 valence electrons. The molecule has 2 aromatic carbocycles. The predicted molar refractivity (Wildman–Crippen MR) is 123 cm³/mol. The maximum Gasteiger partial charge on any atom is 0.243 e. The third kappa shape index (κ3) is 5.08. The molecule has 1 fully saturated rings. The molecule has 31 heavy (non-hydrogen) atoms. The molecule has 1 aliphatic rings. The summed E-state index contributed by atoms with van der Waals surface area (Å²) in [5.41, 5.74) is 3.79. The van der Waals surface area contributed by atoms with Crippen molar-refractivity contribution < 1.29 is 4.79 Å². The summed E-state index contributed by atoms with van der Waals surface area (Å²) in [5, 5.41) is 10.8. The summed E-state index contributed by atoms with van der Waals surface area (Å²) in [5.74, 6) is 0.317. The Kier molecular flexibility index (Phi) is 6.56. The smallest absolute Gasteiger partial charge is 0.243 e. The summed E-state index contributed by atoms with van der Waals surface area (Å²) in [7, 11) is 0. The van der Waals surface area contributed by atoms with Crippen molar-refractivity contribution in [1.82, 2.24) is 15.5 Å². The van der Waals surface area contributed by atoms with Crippen molar-refractivity contribution in [3.8, 4) is 0 Å². The topological polar surface area (TPSA) is 54.9 Å². The van der Waals surface area contributed by atoms with Crippen LogP contribution >= 0.6 is 0 Å². The summed E-state index contributed by atoms with van der Waals surface area (Å²) >= 11 is 0. The number of hydrogen-bond donors (Lipinski definition) is 1. The van der Waals surface area contributed by atoms with E-state index in [9.17, 15) is 4.79 Å². The highest BCUT2D eigenvalue weighted by Gasteiger charge is 2.54. The number of nitrogens with one attached hydrogen (secondary N) is 1. The highest BCUT2D eigenvalue weighted by molar-refractivity contribution is 5.87. The van der Waals surface area contributed by atoms with Crippen LogP contribution in [0.3, 0.4) is 0 Å². The van der Waals surface area contributed by atoms with E-state index in [2.05, 4.69) is 89.2 Å². The van der Waals surface area contributed by atoms with Crippen molar-refractivity contribution in [3.05, 3.63) is 108 Å². The van der Waals surface area contributed by atoms with E-state index >= 15 is 0 Å². The normalized spacial score (nSPS) is 17.9. The molecule has 0 aliphatic heterocycles. The predicted octanol–water partition coefficient (Wildman–Crippen LogP) is 4.87. The monoisotopic (exact) mass is 411 g/mol. The lowest BCUT2D eigenvalue weighted by molar-refractivity contribution is -0.117. The van der Waals surface area contributed by atoms with E-state index in [1.165, 1.54) is 16.7 Å². The van der Waals surface area contributed by atoms with Crippen LogP contribution in [-0.2, 0) is 16.6 Å². The maximum absolute atomic E-state index is 12.5. The largest absolute Gasteiger partial charge is 0.350 e. The van der Waals surface area contributed by atoms with Gasteiger partial charge in [0.25, 0.3) is 0 Å². The van der Waals surface area contributed by atoms with Gasteiger partial charge in [0, 0.05) is 17.7 Å². The Labute approximate surface area is 184 Å². The van der Waals surface area contributed by atoms with Crippen molar-refractivity contribution in [1.29, 1.82) is 0 Å². The van der Waals surface area contributed by atoms with Gasteiger partial charge in [-0.25, -0.2) is 0 Å². The van der Waals surface area contributed by atoms with Gasteiger partial charge < -0.3 is 5.32 Å². The van der Waals surface area contributed by atoms with Crippen molar-refractivity contribution in [2.75, 3.05) is 0 Å². The quantitative estimate of drug-likeness (QED) is 0.511. The molecule has 1 aromatic heterocycles. The second kappa shape index (κ2) is 9.69. The minimum atomic E-state index is -0.0243. The van der Waals surface area contributed by atoms with Gasteiger partial charge in [0.05, 0.1) is 6.20 Å². The maximum atomic E-state index is 12.5. The first-order chi connectivity index (χ1) is 15.2. The van der Waals surface area contributed by atoms with Crippen LogP contribution in [0.2, 0.25) is 0 Å². The van der Waals surface area contributed by atoms with E-state index in [1.807, 2.05) is 6.07 Å². The number of benzene rings is 2. The minimum absolute atomic E-state index is 0.0139. The van der Waals surface area contributed by atoms with Crippen LogP contribution in [0.5, 0.6) is 0 Å². The zero-order chi connectivity index (χ0) is 21.5. The van der Waals surface area contributed by atoms with Gasteiger partial charge in [-0.05, 0) is 67.4 Å². The third-order valence-electron chi connectivity index (χ3n) is 6.21. The molecule has 0 radical (unpaired) electrons. The molecule has 1 saturated carbocycles. The van der Waals surface area contributed by atoms with E-state index in [0.717, 1.165) is 25.7 Å². The van der Waals surface area contributed by atoms with Gasteiger partial charge in [0.1, 0.15) is 0 Å². The van der Waals surface area contributed by atoms with Crippen LogP contribution in [0.25, 0.3) is 0 Å². The highest BCUT2D eigenvalue weighted by atomic mass is 16.1. The van der Waals surface area contributed by atoms with Crippen molar-refractivity contribution >= 4 is 5.91 Å². The Morgan fingerprint density at radius 1 is 1.06 bits per heavy atom. The van der Waals surface area contributed by atoms with Gasteiger partial charge in [-0.1, -0.05) is 66.7 Å². The van der Waals surface area contributed by atoms with Crippen molar-refractivity contribution in [2.45, 2.75) is 44.1 Å². The Hall–Kier alpha value is -3.27. The number of carbonyl (C=O) groups excluding carboxylic acids is 1. The van der Waals surface area contributed by atoms with Crippen LogP contribution in [0.4, 0.5) is 0 Å². The molecular formula is C27H29N3O. The number of aryl methyl sites for hydroxylation is 1. The summed E-state index contributed by atoms with van der Waals surface area (Å²) in [6, 6.07) is 23.4. The number of carbonyl (C=O) groups is 1. The Bertz CT molecular complexity index is 963. The zero-order valence-electron chi connectivity index (χ0n) is 17.9. The van der Waals surface area contributed by atoms with Crippen molar-refractivity contribution in [2.24, 2.45) is 5.92 Å². The number of nitrogens with zero attached hydrogens (tertiary/aromatic N) is 2. The van der Waals surface area contributed by atoms with Crippen LogP contribution in [0.1, 0.15) is 42.9 Å². The van der Waals surface area contributed by atoms with Gasteiger partial charge in [0.2, 0.25) is 5.91 Å². The lowest BCUT2D eigenvalue weighted by atomic mass is 9.85. The standard InChI is InChI=1S/C27H29N3O/c1-21(9-8-10-22-17-18-28-29-20-22)30-26(31)16-15-25-19-27(25,23-11-4-2-5-12-23)24-13-6-3-7-14-24/h2-7,11-18,20-21,25H,8-10,19H2,1H3,(H,30,31)/t21-,25-/m0/s1. The molecule has 1 heterocycles. The molecular weight excluding hydrogens is 382 g/mol. The Morgan fingerprint density at radius 2 is 1.74 bits per heavy atom. The molecule has 1 aliphatic carbocycles. The summed E-state index contributed by atoms with van der Waals surface area (Å²) < 4.78 is 0. The molecule has 0 saturated heterocycles. The average molecular weight is 412 g/mol. The molecule has 4 nitrogen and oxygen atoms in total. The lowest BCUT2D eigenvalue weighted by Crippen LogP contribution is -2.31. The van der Waals surface area contributed by atoms with E-state index in [4.69, 9.17) is 0 Å². The first kappa shape index (κ1) is 21.0. The molecule has 1 amide bonds. The first-order valence-corrected chi connectivity index (χ1v) is 11.0. The second-order valence-corrected chi connectivity index (χ2v) is 8.43. The summed E-state index contributed by atoms with van der Waals surface area (Å²) in [4.78, 5) is 12.5. The molecule has 4 rings (SSSR count). The zero-order valence-corrected chi connectivity index (χ0v) is 17.9. The molecule has 2 atom stereocenters. The van der Waals surface area contributed by atoms with E-state index < -0.39 is 0 Å². The molecule has 4 heteroatoms. The van der Waals surface area contributed by atoms with Crippen molar-refractivity contribution in [3.63, 3.8) is 0 Å². The van der Waals surface area contributed by atoms with Gasteiger partial charge in [-0.15, -0.1) is 0 Å². The van der Waals surface area contributed by atoms with Crippen LogP contribution in [-0.4, -0.2) is 22.1 Å². The Balaban J connectivity index is 1.33. The van der Waals surface area contributed by atoms with E-state index in [0.29, 0.717) is 5.92 Å². The average Bonchev–Trinajstić information content (AvgIpc) is 3.55. The van der Waals surface area contributed by atoms with Gasteiger partial charge in [-0.3, -0.25) is 4.79 Å². The number of aromatic nitrogens is 2. The van der Waals surface area contributed by atoms with E-state index in [-0.39, 0.29) is 17.4 Å². The number of hydrogen-bond acceptors (Lipinski definition) is 3. The van der Waals surface area contributed by atoms with Crippen LogP contribution < -0.4 is 5.32 Å². The highest BCUT2D eigenvalue weighted by Crippen LogP contribution is 2.59. The first-order valence-electron chi connectivity index (χ1n) is 11.0. The second-order valence-electron chi connectivity index (χ2n) is 8.43. The molecule has 1 N–H and O–H groups in total. The fourth-order valence-electron chi connectivity index (χ4n) is 4.47. The van der Waals surface area contributed by atoms with Gasteiger partial charge in [0.15, 0.2) is 0 Å². The van der Waals surface area contributed by atoms with E-state index in [1.54, 1.807) is 18.5 Å².